The quantitative estimate of drug-likeness (QED) is 0.570. The van der Waals surface area contributed by atoms with Crippen LogP contribution in [0.4, 0.5) is 5.69 Å². The molecule has 0 saturated carbocycles. The minimum atomic E-state index is 0.832. The molecule has 3 heteroatoms. The average molecular weight is 280 g/mol. The number of nitrogens with two attached hydrogens (primary N) is 1. The molecule has 100 valence electrons. The van der Waals surface area contributed by atoms with Crippen molar-refractivity contribution in [1.82, 2.24) is 4.98 Å². The molecule has 0 unspecified atom stereocenters. The summed E-state index contributed by atoms with van der Waals surface area (Å²) in [6.07, 6.45) is 0. The van der Waals surface area contributed by atoms with Crippen molar-refractivity contribution in [3.8, 4) is 0 Å². The van der Waals surface area contributed by atoms with Crippen LogP contribution in [0.2, 0.25) is 0 Å². The number of pyridine rings is 1. The topological polar surface area (TPSA) is 38.9 Å². The predicted molar refractivity (Wildman–Crippen MR) is 86.9 cm³/mol. The number of hydrogen-bond donors (Lipinski definition) is 1. The van der Waals surface area contributed by atoms with E-state index in [9.17, 15) is 0 Å². The molecule has 0 aliphatic heterocycles. The number of thioether (sulfide) groups is 1. The Morgan fingerprint density at radius 2 is 1.85 bits per heavy atom. The van der Waals surface area contributed by atoms with E-state index in [1.54, 1.807) is 11.8 Å². The number of aryl methyl sites for hydroxylation is 1. The highest BCUT2D eigenvalue weighted by molar-refractivity contribution is 7.98. The largest absolute Gasteiger partial charge is 0.398 e. The van der Waals surface area contributed by atoms with Gasteiger partial charge < -0.3 is 5.73 Å². The van der Waals surface area contributed by atoms with Gasteiger partial charge in [0.2, 0.25) is 0 Å². The Kier molecular flexibility index (Phi) is 3.61. The maximum atomic E-state index is 6.10. The monoisotopic (exact) mass is 280 g/mol. The lowest BCUT2D eigenvalue weighted by atomic mass is 10.2. The number of fused-ring (bicyclic) bond motifs is 1. The van der Waals surface area contributed by atoms with E-state index in [0.717, 1.165) is 33.1 Å². The van der Waals surface area contributed by atoms with Crippen LogP contribution in [0.5, 0.6) is 0 Å². The number of para-hydroxylation sites is 2. The molecule has 0 radical (unpaired) electrons. The Morgan fingerprint density at radius 1 is 1.00 bits per heavy atom. The number of nitrogen functional groups attached to an aromatic ring is 1. The second kappa shape index (κ2) is 5.55. The molecule has 3 aromatic rings. The number of aromatic nitrogens is 1. The molecule has 0 aliphatic carbocycles. The van der Waals surface area contributed by atoms with E-state index >= 15 is 0 Å². The lowest BCUT2D eigenvalue weighted by molar-refractivity contribution is 1.22. The molecular formula is C17H16N2S. The number of anilines is 1. The molecule has 1 heterocycles. The first-order valence-electron chi connectivity index (χ1n) is 6.56. The van der Waals surface area contributed by atoms with Crippen molar-refractivity contribution in [3.05, 3.63) is 65.9 Å². The van der Waals surface area contributed by atoms with Gasteiger partial charge in [-0.05, 0) is 30.7 Å². The summed E-state index contributed by atoms with van der Waals surface area (Å²) in [5.41, 5.74) is 10.2. The highest BCUT2D eigenvalue weighted by Crippen LogP contribution is 2.29. The predicted octanol–water partition coefficient (Wildman–Crippen LogP) is 4.42. The van der Waals surface area contributed by atoms with E-state index in [1.807, 2.05) is 37.3 Å². The van der Waals surface area contributed by atoms with Crippen LogP contribution in [-0.2, 0) is 5.75 Å². The first-order valence-corrected chi connectivity index (χ1v) is 7.55. The highest BCUT2D eigenvalue weighted by atomic mass is 32.2. The molecule has 0 amide bonds. The van der Waals surface area contributed by atoms with Crippen molar-refractivity contribution in [1.29, 1.82) is 0 Å². The summed E-state index contributed by atoms with van der Waals surface area (Å²) in [6, 6.07) is 18.5. The van der Waals surface area contributed by atoms with Gasteiger partial charge >= 0.3 is 0 Å². The van der Waals surface area contributed by atoms with Gasteiger partial charge in [0.25, 0.3) is 0 Å². The zero-order valence-electron chi connectivity index (χ0n) is 11.3. The van der Waals surface area contributed by atoms with Gasteiger partial charge in [-0.1, -0.05) is 36.4 Å². The third-order valence-electron chi connectivity index (χ3n) is 3.32. The summed E-state index contributed by atoms with van der Waals surface area (Å²) in [6.45, 7) is 2.04. The van der Waals surface area contributed by atoms with E-state index in [1.165, 1.54) is 5.39 Å². The van der Waals surface area contributed by atoms with E-state index in [-0.39, 0.29) is 0 Å². The van der Waals surface area contributed by atoms with Gasteiger partial charge in [-0.25, -0.2) is 0 Å². The lowest BCUT2D eigenvalue weighted by Gasteiger charge is -2.08. The standard InChI is InChI=1S/C17H16N2S/c1-12-5-4-8-16(17(12)18)20-11-14-10-9-13-6-2-3-7-15(13)19-14/h2-10H,11,18H2,1H3. The molecule has 1 aromatic heterocycles. The number of benzene rings is 2. The van der Waals surface area contributed by atoms with Gasteiger partial charge in [-0.15, -0.1) is 11.8 Å². The zero-order valence-corrected chi connectivity index (χ0v) is 12.2. The smallest absolute Gasteiger partial charge is 0.0705 e. The van der Waals surface area contributed by atoms with Crippen molar-refractivity contribution in [2.24, 2.45) is 0 Å². The van der Waals surface area contributed by atoms with Crippen molar-refractivity contribution >= 4 is 28.4 Å². The molecule has 2 N–H and O–H groups in total. The second-order valence-corrected chi connectivity index (χ2v) is 5.79. The van der Waals surface area contributed by atoms with Crippen molar-refractivity contribution < 1.29 is 0 Å². The van der Waals surface area contributed by atoms with Crippen LogP contribution < -0.4 is 5.73 Å². The van der Waals surface area contributed by atoms with Crippen molar-refractivity contribution in [2.75, 3.05) is 5.73 Å². The van der Waals surface area contributed by atoms with Crippen LogP contribution in [0.25, 0.3) is 10.9 Å². The Hall–Kier alpha value is -2.00. The summed E-state index contributed by atoms with van der Waals surface area (Å²) in [4.78, 5) is 5.81. The van der Waals surface area contributed by atoms with Gasteiger partial charge in [0.1, 0.15) is 0 Å². The van der Waals surface area contributed by atoms with Crippen LogP contribution in [0.3, 0.4) is 0 Å². The van der Waals surface area contributed by atoms with Crippen LogP contribution in [0, 0.1) is 6.92 Å². The Balaban J connectivity index is 1.81. The lowest BCUT2D eigenvalue weighted by Crippen LogP contribution is -1.93. The van der Waals surface area contributed by atoms with E-state index < -0.39 is 0 Å². The van der Waals surface area contributed by atoms with Crippen molar-refractivity contribution in [3.63, 3.8) is 0 Å². The number of rotatable bonds is 3. The molecule has 0 spiro atoms. The summed E-state index contributed by atoms with van der Waals surface area (Å²) < 4.78 is 0. The molecule has 20 heavy (non-hydrogen) atoms. The van der Waals surface area contributed by atoms with Crippen LogP contribution in [0.1, 0.15) is 11.3 Å². The van der Waals surface area contributed by atoms with Gasteiger partial charge in [-0.3, -0.25) is 4.98 Å². The Bertz CT molecular complexity index is 753. The maximum absolute atomic E-state index is 6.10. The first-order chi connectivity index (χ1) is 9.74. The second-order valence-electron chi connectivity index (χ2n) is 4.77. The van der Waals surface area contributed by atoms with E-state index in [0.29, 0.717) is 0 Å². The van der Waals surface area contributed by atoms with Gasteiger partial charge in [-0.2, -0.15) is 0 Å². The van der Waals surface area contributed by atoms with E-state index in [2.05, 4.69) is 29.2 Å². The van der Waals surface area contributed by atoms with Crippen LogP contribution in [0.15, 0.2) is 59.5 Å². The van der Waals surface area contributed by atoms with Crippen LogP contribution in [-0.4, -0.2) is 4.98 Å². The fraction of sp³-hybridized carbons (Fsp3) is 0.118. The highest BCUT2D eigenvalue weighted by Gasteiger charge is 2.04. The minimum absolute atomic E-state index is 0.832. The molecule has 0 bridgehead atoms. The third kappa shape index (κ3) is 2.63. The maximum Gasteiger partial charge on any atom is 0.0705 e. The number of hydrogen-bond acceptors (Lipinski definition) is 3. The molecule has 0 saturated heterocycles. The van der Waals surface area contributed by atoms with Crippen molar-refractivity contribution in [2.45, 2.75) is 17.6 Å². The average Bonchev–Trinajstić information content (AvgIpc) is 2.48. The summed E-state index contributed by atoms with van der Waals surface area (Å²) in [5, 5.41) is 1.18. The van der Waals surface area contributed by atoms with Gasteiger partial charge in [0.05, 0.1) is 11.2 Å². The molecule has 3 rings (SSSR count). The molecule has 2 aromatic carbocycles. The summed E-state index contributed by atoms with van der Waals surface area (Å²) >= 11 is 1.74. The fourth-order valence-electron chi connectivity index (χ4n) is 2.12. The zero-order chi connectivity index (χ0) is 13.9. The van der Waals surface area contributed by atoms with Gasteiger partial charge in [0, 0.05) is 21.7 Å². The molecule has 0 atom stereocenters. The molecular weight excluding hydrogens is 264 g/mol. The SMILES string of the molecule is Cc1cccc(SCc2ccc3ccccc3n2)c1N. The summed E-state index contributed by atoms with van der Waals surface area (Å²) in [7, 11) is 0. The summed E-state index contributed by atoms with van der Waals surface area (Å²) in [5.74, 6) is 0.832. The normalized spacial score (nSPS) is 10.8. The van der Waals surface area contributed by atoms with E-state index in [4.69, 9.17) is 5.73 Å². The minimum Gasteiger partial charge on any atom is -0.398 e. The first kappa shape index (κ1) is 13.0. The van der Waals surface area contributed by atoms with Gasteiger partial charge in [0.15, 0.2) is 0 Å². The fourth-order valence-corrected chi connectivity index (χ4v) is 3.08. The number of nitrogens with zero attached hydrogens (tertiary/aromatic N) is 1. The third-order valence-corrected chi connectivity index (χ3v) is 4.42. The Morgan fingerprint density at radius 3 is 2.75 bits per heavy atom. The molecule has 0 fully saturated rings. The Labute approximate surface area is 123 Å². The van der Waals surface area contributed by atoms with Crippen LogP contribution >= 0.6 is 11.8 Å². The molecule has 2 nitrogen and oxygen atoms in total. The molecule has 0 aliphatic rings.